The van der Waals surface area contributed by atoms with Crippen molar-refractivity contribution in [1.82, 2.24) is 9.80 Å². The minimum Gasteiger partial charge on any atom is -0.377 e. The molecule has 0 aromatic carbocycles. The lowest BCUT2D eigenvalue weighted by Gasteiger charge is -2.44. The lowest BCUT2D eigenvalue weighted by atomic mass is 9.78. The van der Waals surface area contributed by atoms with E-state index in [2.05, 4.69) is 25.3 Å². The van der Waals surface area contributed by atoms with Crippen molar-refractivity contribution < 1.29 is 14.6 Å². The maximum Gasteiger partial charge on any atom is 0.235 e. The Balaban J connectivity index is 1.72. The van der Waals surface area contributed by atoms with Crippen molar-refractivity contribution in [1.29, 1.82) is 0 Å². The molecule has 0 aromatic rings. The highest BCUT2D eigenvalue weighted by Crippen LogP contribution is 2.53. The third kappa shape index (κ3) is 3.12. The Morgan fingerprint density at radius 1 is 1.39 bits per heavy atom. The summed E-state index contributed by atoms with van der Waals surface area (Å²) < 4.78 is 5.84. The van der Waals surface area contributed by atoms with E-state index in [0.29, 0.717) is 18.1 Å². The van der Waals surface area contributed by atoms with E-state index in [1.807, 2.05) is 9.80 Å². The second-order valence-corrected chi connectivity index (χ2v) is 7.65. The van der Waals surface area contributed by atoms with Crippen molar-refractivity contribution in [2.75, 3.05) is 31.1 Å². The van der Waals surface area contributed by atoms with Crippen LogP contribution in [0.2, 0.25) is 0 Å². The number of nitrogens with two attached hydrogens (primary N) is 2. The Bertz CT molecular complexity index is 471. The van der Waals surface area contributed by atoms with E-state index in [4.69, 9.17) is 16.2 Å². The maximum atomic E-state index is 11.7. The van der Waals surface area contributed by atoms with Crippen molar-refractivity contribution in [2.24, 2.45) is 16.9 Å². The van der Waals surface area contributed by atoms with Crippen LogP contribution in [0.3, 0.4) is 0 Å². The zero-order valence-electron chi connectivity index (χ0n) is 13.0. The molecule has 3 aliphatic heterocycles. The number of hydrogen-bond acceptors (Lipinski definition) is 8. The van der Waals surface area contributed by atoms with Gasteiger partial charge in [-0.1, -0.05) is 0 Å². The molecule has 3 heterocycles. The number of piperidine rings is 1. The lowest BCUT2D eigenvalue weighted by Crippen LogP contribution is -2.57. The number of aliphatic hydroxyl groups excluding tert-OH is 1. The number of thiol groups is 2. The summed E-state index contributed by atoms with van der Waals surface area (Å²) in [6.07, 6.45) is 1.34. The van der Waals surface area contributed by atoms with Gasteiger partial charge in [0.25, 0.3) is 0 Å². The van der Waals surface area contributed by atoms with Gasteiger partial charge in [0, 0.05) is 36.6 Å². The van der Waals surface area contributed by atoms with Gasteiger partial charge in [-0.05, 0) is 12.8 Å². The number of fused-ring (bicyclic) bond motifs is 2. The molecule has 9 heteroatoms. The summed E-state index contributed by atoms with van der Waals surface area (Å²) in [5.74, 6) is 0.452. The summed E-state index contributed by atoms with van der Waals surface area (Å²) >= 11 is 8.43. The summed E-state index contributed by atoms with van der Waals surface area (Å²) in [4.78, 5) is 15.7. The Labute approximate surface area is 147 Å². The number of carbonyl (C=O) groups is 1. The van der Waals surface area contributed by atoms with Crippen LogP contribution in [0.25, 0.3) is 0 Å². The molecule has 132 valence electrons. The SMILES string of the molecule is NC(=O)[C@H](CS)N1CC2(CCCN(C(O)[C@H](N)CS)C2)C2OC21. The first kappa shape index (κ1) is 17.8. The molecule has 5 N–H and O–H groups in total. The van der Waals surface area contributed by atoms with Crippen molar-refractivity contribution in [3.8, 4) is 0 Å². The summed E-state index contributed by atoms with van der Waals surface area (Å²) in [6, 6.07) is -0.787. The fraction of sp³-hybridized carbons (Fsp3) is 0.929. The van der Waals surface area contributed by atoms with Crippen molar-refractivity contribution >= 4 is 31.2 Å². The van der Waals surface area contributed by atoms with E-state index in [0.717, 1.165) is 25.9 Å². The third-order valence-electron chi connectivity index (χ3n) is 5.40. The highest BCUT2D eigenvalue weighted by molar-refractivity contribution is 7.80. The smallest absolute Gasteiger partial charge is 0.235 e. The van der Waals surface area contributed by atoms with Gasteiger partial charge in [0.15, 0.2) is 0 Å². The van der Waals surface area contributed by atoms with Gasteiger partial charge in [0.2, 0.25) is 5.91 Å². The molecule has 0 bridgehead atoms. The molecule has 3 saturated heterocycles. The van der Waals surface area contributed by atoms with E-state index in [-0.39, 0.29) is 29.7 Å². The summed E-state index contributed by atoms with van der Waals surface area (Å²) in [5, 5.41) is 10.4. The quantitative estimate of drug-likeness (QED) is 0.290. The predicted octanol–water partition coefficient (Wildman–Crippen LogP) is -1.53. The van der Waals surface area contributed by atoms with Crippen LogP contribution in [-0.4, -0.2) is 82.6 Å². The molecule has 0 saturated carbocycles. The summed E-state index contributed by atoms with van der Waals surface area (Å²) in [7, 11) is 0. The normalized spacial score (nSPS) is 38.3. The topological polar surface area (TPSA) is 108 Å². The molecule has 7 nitrogen and oxygen atoms in total. The van der Waals surface area contributed by atoms with Crippen LogP contribution in [0, 0.1) is 5.41 Å². The van der Waals surface area contributed by atoms with E-state index in [9.17, 15) is 9.90 Å². The standard InChI is InChI=1S/C14H26N4O3S2/c15-8(4-22)12(20)17-3-1-2-14(6-17)7-18(13-10(14)21-13)9(5-23)11(16)19/h8-10,12-13,20,22-23H,1-7,15H2,(H2,16,19)/t8-,9+,10?,12?,13?,14?/m1/s1. The van der Waals surface area contributed by atoms with E-state index in [1.165, 1.54) is 0 Å². The van der Waals surface area contributed by atoms with Crippen molar-refractivity contribution in [3.63, 3.8) is 0 Å². The van der Waals surface area contributed by atoms with Gasteiger partial charge in [-0.15, -0.1) is 0 Å². The highest BCUT2D eigenvalue weighted by atomic mass is 32.1. The third-order valence-corrected chi connectivity index (χ3v) is 6.17. The fourth-order valence-electron chi connectivity index (χ4n) is 4.14. The largest absolute Gasteiger partial charge is 0.377 e. The van der Waals surface area contributed by atoms with Gasteiger partial charge in [-0.25, -0.2) is 0 Å². The molecule has 3 aliphatic rings. The summed E-state index contributed by atoms with van der Waals surface area (Å²) in [5.41, 5.74) is 11.4. The lowest BCUT2D eigenvalue weighted by molar-refractivity contribution is -0.124. The Hall–Kier alpha value is -0.0300. The first-order valence-corrected chi connectivity index (χ1v) is 9.30. The molecule has 0 radical (unpaired) electrons. The number of nitrogens with zero attached hydrogens (tertiary/aromatic N) is 2. The van der Waals surface area contributed by atoms with Gasteiger partial charge in [0.1, 0.15) is 18.6 Å². The number of carbonyl (C=O) groups excluding carboxylic acids is 1. The predicted molar refractivity (Wildman–Crippen MR) is 93.3 cm³/mol. The second-order valence-electron chi connectivity index (χ2n) is 6.92. The molecule has 23 heavy (non-hydrogen) atoms. The number of primary amides is 1. The molecule has 6 atom stereocenters. The molecule has 3 rings (SSSR count). The van der Waals surface area contributed by atoms with Gasteiger partial charge in [-0.2, -0.15) is 25.3 Å². The highest BCUT2D eigenvalue weighted by Gasteiger charge is 2.66. The van der Waals surface area contributed by atoms with Crippen LogP contribution in [-0.2, 0) is 9.53 Å². The van der Waals surface area contributed by atoms with Crippen molar-refractivity contribution in [2.45, 2.75) is 43.5 Å². The van der Waals surface area contributed by atoms with Gasteiger partial charge in [0.05, 0.1) is 12.1 Å². The molecule has 1 amide bonds. The van der Waals surface area contributed by atoms with Crippen LogP contribution in [0.5, 0.6) is 0 Å². The second kappa shape index (κ2) is 6.70. The molecular weight excluding hydrogens is 336 g/mol. The number of hydrogen-bond donors (Lipinski definition) is 5. The maximum absolute atomic E-state index is 11.7. The minimum atomic E-state index is -0.701. The van der Waals surface area contributed by atoms with Gasteiger partial charge < -0.3 is 21.3 Å². The monoisotopic (exact) mass is 362 g/mol. The van der Waals surface area contributed by atoms with Crippen LogP contribution >= 0.6 is 25.3 Å². The number of aliphatic hydroxyl groups is 1. The van der Waals surface area contributed by atoms with Crippen molar-refractivity contribution in [3.05, 3.63) is 0 Å². The molecule has 4 unspecified atom stereocenters. The average molecular weight is 363 g/mol. The Morgan fingerprint density at radius 2 is 2.13 bits per heavy atom. The van der Waals surface area contributed by atoms with E-state index < -0.39 is 12.3 Å². The number of rotatable bonds is 6. The first-order chi connectivity index (χ1) is 10.9. The van der Waals surface area contributed by atoms with E-state index in [1.54, 1.807) is 0 Å². The van der Waals surface area contributed by atoms with Gasteiger partial charge >= 0.3 is 0 Å². The Kier molecular flexibility index (Phi) is 5.18. The zero-order valence-corrected chi connectivity index (χ0v) is 14.8. The average Bonchev–Trinajstić information content (AvgIpc) is 3.29. The Morgan fingerprint density at radius 3 is 2.74 bits per heavy atom. The number of ether oxygens (including phenoxy) is 1. The fourth-order valence-corrected chi connectivity index (χ4v) is 4.72. The number of amides is 1. The molecule has 0 aromatic heterocycles. The first-order valence-electron chi connectivity index (χ1n) is 8.03. The van der Waals surface area contributed by atoms with Crippen LogP contribution < -0.4 is 11.5 Å². The van der Waals surface area contributed by atoms with E-state index >= 15 is 0 Å². The molecule has 0 aliphatic carbocycles. The number of epoxide rings is 1. The summed E-state index contributed by atoms with van der Waals surface area (Å²) in [6.45, 7) is 2.27. The molecule has 3 fully saturated rings. The number of likely N-dealkylation sites (tertiary alicyclic amines) is 2. The minimum absolute atomic E-state index is 0.0460. The molecular formula is C14H26N4O3S2. The zero-order chi connectivity index (χ0) is 16.8. The van der Waals surface area contributed by atoms with Crippen LogP contribution in [0.15, 0.2) is 0 Å². The van der Waals surface area contributed by atoms with Crippen LogP contribution in [0.1, 0.15) is 12.8 Å². The van der Waals surface area contributed by atoms with Gasteiger partial charge in [-0.3, -0.25) is 14.6 Å². The van der Waals surface area contributed by atoms with Crippen LogP contribution in [0.4, 0.5) is 0 Å². The molecule has 1 spiro atoms.